The number of carbonyl (C=O) groups excluding carboxylic acids is 1. The molecule has 1 aliphatic heterocycles. The van der Waals surface area contributed by atoms with E-state index >= 15 is 0 Å². The smallest absolute Gasteiger partial charge is 0.321 e. The van der Waals surface area contributed by atoms with E-state index in [-0.39, 0.29) is 6.03 Å². The van der Waals surface area contributed by atoms with Gasteiger partial charge in [-0.3, -0.25) is 0 Å². The number of nitrogens with one attached hydrogen (secondary N) is 1. The lowest BCUT2D eigenvalue weighted by Gasteiger charge is -2.17. The number of nitrogens with zero attached hydrogens (tertiary/aromatic N) is 3. The number of aromatic nitrogens is 2. The van der Waals surface area contributed by atoms with Gasteiger partial charge in [-0.05, 0) is 25.0 Å². The molecule has 1 aliphatic rings. The van der Waals surface area contributed by atoms with E-state index in [0.717, 1.165) is 31.5 Å². The summed E-state index contributed by atoms with van der Waals surface area (Å²) >= 11 is 0. The maximum Gasteiger partial charge on any atom is 0.321 e. The summed E-state index contributed by atoms with van der Waals surface area (Å²) in [4.78, 5) is 18.2. The predicted molar refractivity (Wildman–Crippen MR) is 74.3 cm³/mol. The fourth-order valence-corrected chi connectivity index (χ4v) is 2.31. The van der Waals surface area contributed by atoms with Gasteiger partial charge in [-0.1, -0.05) is 17.3 Å². The van der Waals surface area contributed by atoms with Crippen LogP contribution in [-0.4, -0.2) is 34.2 Å². The highest BCUT2D eigenvalue weighted by Crippen LogP contribution is 2.25. The molecule has 1 aromatic carbocycles. The van der Waals surface area contributed by atoms with E-state index in [1.807, 2.05) is 29.2 Å². The first kappa shape index (κ1) is 12.7. The number of hydrogen-bond donors (Lipinski definition) is 1. The Morgan fingerprint density at radius 3 is 2.75 bits per heavy atom. The number of amides is 2. The molecule has 0 radical (unpaired) electrons. The third-order valence-corrected chi connectivity index (χ3v) is 3.33. The lowest BCUT2D eigenvalue weighted by molar-refractivity contribution is 0.222. The number of urea groups is 1. The molecule has 2 amide bonds. The number of benzene rings is 1. The first-order valence-electron chi connectivity index (χ1n) is 6.70. The zero-order valence-corrected chi connectivity index (χ0v) is 11.3. The number of carbonyl (C=O) groups is 1. The van der Waals surface area contributed by atoms with E-state index in [1.165, 1.54) is 0 Å². The van der Waals surface area contributed by atoms with Gasteiger partial charge in [0, 0.05) is 25.6 Å². The van der Waals surface area contributed by atoms with Gasteiger partial charge >= 0.3 is 6.03 Å². The Kier molecular flexibility index (Phi) is 3.37. The molecular weight excluding hydrogens is 256 g/mol. The predicted octanol–water partition coefficient (Wildman–Crippen LogP) is 2.67. The molecule has 1 N–H and O–H groups in total. The fourth-order valence-electron chi connectivity index (χ4n) is 2.31. The molecule has 2 aromatic rings. The van der Waals surface area contributed by atoms with Crippen molar-refractivity contribution in [3.05, 3.63) is 30.2 Å². The minimum atomic E-state index is -0.0739. The molecule has 20 heavy (non-hydrogen) atoms. The summed E-state index contributed by atoms with van der Waals surface area (Å²) in [5.41, 5.74) is 1.46. The number of para-hydroxylation sites is 1. The van der Waals surface area contributed by atoms with Crippen molar-refractivity contribution in [1.82, 2.24) is 15.0 Å². The van der Waals surface area contributed by atoms with Gasteiger partial charge in [-0.2, -0.15) is 4.98 Å². The normalized spacial score (nSPS) is 14.6. The average Bonchev–Trinajstić information content (AvgIpc) is 3.10. The maximum absolute atomic E-state index is 12.2. The SMILES string of the molecule is Cc1nc(-c2ccccc2NC(=O)N2CCCC2)no1. The second-order valence-corrected chi connectivity index (χ2v) is 4.81. The van der Waals surface area contributed by atoms with Crippen LogP contribution in [0.2, 0.25) is 0 Å². The number of aryl methyl sites for hydroxylation is 1. The summed E-state index contributed by atoms with van der Waals surface area (Å²) < 4.78 is 4.99. The van der Waals surface area contributed by atoms with Crippen molar-refractivity contribution in [3.8, 4) is 11.4 Å². The molecule has 0 atom stereocenters. The molecule has 0 saturated carbocycles. The zero-order valence-electron chi connectivity index (χ0n) is 11.3. The van der Waals surface area contributed by atoms with Gasteiger partial charge in [-0.25, -0.2) is 4.79 Å². The fraction of sp³-hybridized carbons (Fsp3) is 0.357. The molecule has 1 saturated heterocycles. The quantitative estimate of drug-likeness (QED) is 0.912. The van der Waals surface area contributed by atoms with Crippen molar-refractivity contribution >= 4 is 11.7 Å². The lowest BCUT2D eigenvalue weighted by atomic mass is 10.1. The summed E-state index contributed by atoms with van der Waals surface area (Å²) in [7, 11) is 0. The molecule has 104 valence electrons. The van der Waals surface area contributed by atoms with Gasteiger partial charge in [0.2, 0.25) is 11.7 Å². The van der Waals surface area contributed by atoms with Gasteiger partial charge in [0.05, 0.1) is 5.69 Å². The highest BCUT2D eigenvalue weighted by molar-refractivity contribution is 5.93. The average molecular weight is 272 g/mol. The van der Waals surface area contributed by atoms with Gasteiger partial charge < -0.3 is 14.7 Å². The van der Waals surface area contributed by atoms with E-state index in [1.54, 1.807) is 6.92 Å². The van der Waals surface area contributed by atoms with E-state index < -0.39 is 0 Å². The Hall–Kier alpha value is -2.37. The minimum Gasteiger partial charge on any atom is -0.339 e. The number of anilines is 1. The molecular formula is C14H16N4O2. The van der Waals surface area contributed by atoms with Crippen LogP contribution in [0.5, 0.6) is 0 Å². The molecule has 0 aliphatic carbocycles. The summed E-state index contributed by atoms with van der Waals surface area (Å²) in [5, 5.41) is 6.83. The molecule has 3 rings (SSSR count). The second-order valence-electron chi connectivity index (χ2n) is 4.81. The van der Waals surface area contributed by atoms with Crippen molar-refractivity contribution in [1.29, 1.82) is 0 Å². The van der Waals surface area contributed by atoms with Gasteiger partial charge in [0.15, 0.2) is 0 Å². The third-order valence-electron chi connectivity index (χ3n) is 3.33. The zero-order chi connectivity index (χ0) is 13.9. The van der Waals surface area contributed by atoms with E-state index in [4.69, 9.17) is 4.52 Å². The van der Waals surface area contributed by atoms with Crippen molar-refractivity contribution in [2.75, 3.05) is 18.4 Å². The lowest BCUT2D eigenvalue weighted by Crippen LogP contribution is -2.32. The molecule has 0 spiro atoms. The van der Waals surface area contributed by atoms with Crippen LogP contribution in [0.4, 0.5) is 10.5 Å². The first-order valence-corrected chi connectivity index (χ1v) is 6.70. The largest absolute Gasteiger partial charge is 0.339 e. The van der Waals surface area contributed by atoms with Crippen LogP contribution < -0.4 is 5.32 Å². The molecule has 6 heteroatoms. The molecule has 1 aromatic heterocycles. The van der Waals surface area contributed by atoms with E-state index in [0.29, 0.717) is 17.4 Å². The Morgan fingerprint density at radius 2 is 2.05 bits per heavy atom. The van der Waals surface area contributed by atoms with E-state index in [9.17, 15) is 4.79 Å². The molecule has 6 nitrogen and oxygen atoms in total. The highest BCUT2D eigenvalue weighted by atomic mass is 16.5. The Labute approximate surface area is 116 Å². The van der Waals surface area contributed by atoms with Crippen LogP contribution in [0, 0.1) is 6.92 Å². The van der Waals surface area contributed by atoms with Crippen LogP contribution in [0.15, 0.2) is 28.8 Å². The van der Waals surface area contributed by atoms with Crippen LogP contribution in [0.1, 0.15) is 18.7 Å². The van der Waals surface area contributed by atoms with Crippen LogP contribution in [-0.2, 0) is 0 Å². The maximum atomic E-state index is 12.2. The standard InChI is InChI=1S/C14H16N4O2/c1-10-15-13(17-20-10)11-6-2-3-7-12(11)16-14(19)18-8-4-5-9-18/h2-3,6-7H,4-5,8-9H2,1H3,(H,16,19). The minimum absolute atomic E-state index is 0.0739. The topological polar surface area (TPSA) is 71.3 Å². The molecule has 1 fully saturated rings. The Morgan fingerprint density at radius 1 is 1.30 bits per heavy atom. The van der Waals surface area contributed by atoms with Crippen molar-refractivity contribution < 1.29 is 9.32 Å². The molecule has 0 unspecified atom stereocenters. The summed E-state index contributed by atoms with van der Waals surface area (Å²) in [6, 6.07) is 7.39. The summed E-state index contributed by atoms with van der Waals surface area (Å²) in [5.74, 6) is 0.987. The number of hydrogen-bond acceptors (Lipinski definition) is 4. The summed E-state index contributed by atoms with van der Waals surface area (Å²) in [6.45, 7) is 3.37. The van der Waals surface area contributed by atoms with Crippen LogP contribution in [0.25, 0.3) is 11.4 Å². The molecule has 0 bridgehead atoms. The van der Waals surface area contributed by atoms with Crippen molar-refractivity contribution in [2.45, 2.75) is 19.8 Å². The summed E-state index contributed by atoms with van der Waals surface area (Å²) in [6.07, 6.45) is 2.14. The van der Waals surface area contributed by atoms with Gasteiger partial charge in [-0.15, -0.1) is 0 Å². The number of rotatable bonds is 2. The number of likely N-dealkylation sites (tertiary alicyclic amines) is 1. The first-order chi connectivity index (χ1) is 9.74. The monoisotopic (exact) mass is 272 g/mol. The van der Waals surface area contributed by atoms with Gasteiger partial charge in [0.25, 0.3) is 0 Å². The van der Waals surface area contributed by atoms with Crippen molar-refractivity contribution in [2.24, 2.45) is 0 Å². The third kappa shape index (κ3) is 2.49. The van der Waals surface area contributed by atoms with Crippen LogP contribution >= 0.6 is 0 Å². The second kappa shape index (κ2) is 5.32. The Bertz CT molecular complexity index is 617. The van der Waals surface area contributed by atoms with Crippen LogP contribution in [0.3, 0.4) is 0 Å². The molecule has 2 heterocycles. The van der Waals surface area contributed by atoms with Crippen molar-refractivity contribution in [3.63, 3.8) is 0 Å². The highest BCUT2D eigenvalue weighted by Gasteiger charge is 2.19. The Balaban J connectivity index is 1.84. The van der Waals surface area contributed by atoms with Gasteiger partial charge in [0.1, 0.15) is 0 Å². The van der Waals surface area contributed by atoms with E-state index in [2.05, 4.69) is 15.5 Å².